The molecule has 9 heteroatoms. The number of para-hydroxylation sites is 1. The highest BCUT2D eigenvalue weighted by atomic mass is 16.5. The zero-order chi connectivity index (χ0) is 22.9. The average Bonchev–Trinajstić information content (AvgIpc) is 3.54. The second-order valence-corrected chi connectivity index (χ2v) is 9.11. The van der Waals surface area contributed by atoms with E-state index in [4.69, 9.17) is 9.15 Å². The summed E-state index contributed by atoms with van der Waals surface area (Å²) >= 11 is 0. The normalized spacial score (nSPS) is 19.5. The number of carbonyl (C=O) groups is 2. The van der Waals surface area contributed by atoms with E-state index in [9.17, 15) is 9.59 Å². The maximum absolute atomic E-state index is 13.1. The zero-order valence-corrected chi connectivity index (χ0v) is 19.0. The molecule has 0 bridgehead atoms. The molecule has 0 aliphatic carbocycles. The first kappa shape index (κ1) is 21.6. The minimum Gasteiger partial charge on any atom is -0.451 e. The van der Waals surface area contributed by atoms with Crippen molar-refractivity contribution in [1.29, 1.82) is 0 Å². The third-order valence-electron chi connectivity index (χ3n) is 6.52. The molecule has 0 saturated carbocycles. The molecule has 0 radical (unpaired) electrons. The van der Waals surface area contributed by atoms with Gasteiger partial charge in [-0.25, -0.2) is 0 Å². The molecule has 174 valence electrons. The minimum atomic E-state index is -0.253. The monoisotopic (exact) mass is 451 g/mol. The van der Waals surface area contributed by atoms with Gasteiger partial charge < -0.3 is 23.9 Å². The molecule has 9 nitrogen and oxygen atoms in total. The Balaban J connectivity index is 1.32. The number of hydrogen-bond donors (Lipinski definition) is 1. The number of amides is 2. The molecule has 0 unspecified atom stereocenters. The fourth-order valence-electron chi connectivity index (χ4n) is 4.56. The SMILES string of the molecule is CC(C)[C@H](NC(=O)[C@@H]1CCOC1)c1nnc2n1CCN(C(=O)c1cc3ccccc3o1)CC2. The smallest absolute Gasteiger partial charge is 0.289 e. The summed E-state index contributed by atoms with van der Waals surface area (Å²) in [5, 5.41) is 12.9. The fraction of sp³-hybridized carbons (Fsp3) is 0.500. The van der Waals surface area contributed by atoms with E-state index in [2.05, 4.69) is 33.9 Å². The minimum absolute atomic E-state index is 0.00105. The van der Waals surface area contributed by atoms with Crippen LogP contribution in [0.5, 0.6) is 0 Å². The maximum atomic E-state index is 13.1. The van der Waals surface area contributed by atoms with Crippen LogP contribution in [-0.2, 0) is 22.5 Å². The Morgan fingerprint density at radius 3 is 2.76 bits per heavy atom. The lowest BCUT2D eigenvalue weighted by molar-refractivity contribution is -0.126. The number of rotatable bonds is 5. The Labute approximate surface area is 192 Å². The summed E-state index contributed by atoms with van der Waals surface area (Å²) in [5.41, 5.74) is 0.707. The van der Waals surface area contributed by atoms with Crippen molar-refractivity contribution in [3.8, 4) is 0 Å². The molecule has 33 heavy (non-hydrogen) atoms. The van der Waals surface area contributed by atoms with Gasteiger partial charge in [-0.1, -0.05) is 32.0 Å². The van der Waals surface area contributed by atoms with E-state index >= 15 is 0 Å². The van der Waals surface area contributed by atoms with E-state index in [1.807, 2.05) is 24.3 Å². The number of fused-ring (bicyclic) bond motifs is 2. The highest BCUT2D eigenvalue weighted by Crippen LogP contribution is 2.25. The molecule has 1 N–H and O–H groups in total. The summed E-state index contributed by atoms with van der Waals surface area (Å²) in [6.07, 6.45) is 1.33. The Kier molecular flexibility index (Phi) is 5.88. The quantitative estimate of drug-likeness (QED) is 0.640. The topological polar surface area (TPSA) is 102 Å². The molecule has 1 fully saturated rings. The van der Waals surface area contributed by atoms with Gasteiger partial charge in [0, 0.05) is 38.0 Å². The van der Waals surface area contributed by atoms with Crippen LogP contribution in [0.3, 0.4) is 0 Å². The molecule has 1 saturated heterocycles. The first-order valence-electron chi connectivity index (χ1n) is 11.6. The van der Waals surface area contributed by atoms with Gasteiger partial charge in [0.2, 0.25) is 5.91 Å². The third-order valence-corrected chi connectivity index (χ3v) is 6.52. The second-order valence-electron chi connectivity index (χ2n) is 9.11. The van der Waals surface area contributed by atoms with E-state index in [1.165, 1.54) is 0 Å². The van der Waals surface area contributed by atoms with E-state index in [0.717, 1.165) is 23.5 Å². The fourth-order valence-corrected chi connectivity index (χ4v) is 4.56. The predicted octanol–water partition coefficient (Wildman–Crippen LogP) is 2.57. The van der Waals surface area contributed by atoms with Crippen LogP contribution in [0.2, 0.25) is 0 Å². The Morgan fingerprint density at radius 1 is 1.15 bits per heavy atom. The van der Waals surface area contributed by atoms with Crippen molar-refractivity contribution in [3.05, 3.63) is 47.7 Å². The Bertz CT molecular complexity index is 1130. The Morgan fingerprint density at radius 2 is 2.00 bits per heavy atom. The molecule has 2 aliphatic rings. The summed E-state index contributed by atoms with van der Waals surface area (Å²) < 4.78 is 13.2. The number of furan rings is 1. The van der Waals surface area contributed by atoms with Gasteiger partial charge in [-0.3, -0.25) is 9.59 Å². The van der Waals surface area contributed by atoms with Gasteiger partial charge in [0.05, 0.1) is 18.6 Å². The lowest BCUT2D eigenvalue weighted by Gasteiger charge is -2.24. The van der Waals surface area contributed by atoms with Crippen molar-refractivity contribution in [2.75, 3.05) is 26.3 Å². The van der Waals surface area contributed by atoms with Crippen molar-refractivity contribution in [2.24, 2.45) is 11.8 Å². The van der Waals surface area contributed by atoms with Crippen LogP contribution in [0, 0.1) is 11.8 Å². The molecule has 1 aromatic carbocycles. The van der Waals surface area contributed by atoms with E-state index in [0.29, 0.717) is 50.6 Å². The van der Waals surface area contributed by atoms with Crippen molar-refractivity contribution < 1.29 is 18.7 Å². The van der Waals surface area contributed by atoms with Gasteiger partial charge in [0.1, 0.15) is 11.4 Å². The first-order chi connectivity index (χ1) is 16.0. The predicted molar refractivity (Wildman–Crippen MR) is 120 cm³/mol. The highest BCUT2D eigenvalue weighted by molar-refractivity contribution is 5.96. The van der Waals surface area contributed by atoms with E-state index < -0.39 is 0 Å². The van der Waals surface area contributed by atoms with E-state index in [1.54, 1.807) is 11.0 Å². The lowest BCUT2D eigenvalue weighted by atomic mass is 10.0. The van der Waals surface area contributed by atoms with Gasteiger partial charge in [0.15, 0.2) is 11.6 Å². The number of carbonyl (C=O) groups excluding carboxylic acids is 2. The van der Waals surface area contributed by atoms with Gasteiger partial charge >= 0.3 is 0 Å². The van der Waals surface area contributed by atoms with Crippen molar-refractivity contribution in [2.45, 2.75) is 39.3 Å². The zero-order valence-electron chi connectivity index (χ0n) is 19.0. The standard InChI is InChI=1S/C24H29N5O4/c1-15(2)21(25-23(30)17-8-12-32-14-17)22-27-26-20-7-9-28(10-11-29(20)22)24(31)19-13-16-5-3-4-6-18(16)33-19/h3-6,13,15,17,21H,7-12,14H2,1-2H3,(H,25,30)/t17-,21+/m1/s1. The molecule has 4 heterocycles. The van der Waals surface area contributed by atoms with Crippen LogP contribution in [0.15, 0.2) is 34.7 Å². The molecule has 0 spiro atoms. The van der Waals surface area contributed by atoms with Crippen LogP contribution in [0.25, 0.3) is 11.0 Å². The summed E-state index contributed by atoms with van der Waals surface area (Å²) in [4.78, 5) is 27.7. The number of aromatic nitrogens is 3. The van der Waals surface area contributed by atoms with Crippen molar-refractivity contribution >= 4 is 22.8 Å². The summed E-state index contributed by atoms with van der Waals surface area (Å²) in [6.45, 7) is 6.83. The summed E-state index contributed by atoms with van der Waals surface area (Å²) in [5.74, 6) is 1.82. The average molecular weight is 452 g/mol. The molecule has 3 aromatic rings. The Hall–Kier alpha value is -3.20. The van der Waals surface area contributed by atoms with Crippen LogP contribution in [-0.4, -0.2) is 57.8 Å². The summed E-state index contributed by atoms with van der Waals surface area (Å²) in [6, 6.07) is 9.16. The molecule has 5 rings (SSSR count). The third kappa shape index (κ3) is 4.25. The largest absolute Gasteiger partial charge is 0.451 e. The van der Waals surface area contributed by atoms with Gasteiger partial charge in [-0.2, -0.15) is 0 Å². The number of nitrogens with zero attached hydrogens (tertiary/aromatic N) is 4. The second kappa shape index (κ2) is 8.97. The first-order valence-corrected chi connectivity index (χ1v) is 11.6. The van der Waals surface area contributed by atoms with Crippen LogP contribution in [0.4, 0.5) is 0 Å². The van der Waals surface area contributed by atoms with E-state index in [-0.39, 0.29) is 29.7 Å². The number of benzene rings is 1. The van der Waals surface area contributed by atoms with Crippen molar-refractivity contribution in [1.82, 2.24) is 25.0 Å². The molecule has 2 atom stereocenters. The highest BCUT2D eigenvalue weighted by Gasteiger charge is 2.32. The molecular weight excluding hydrogens is 422 g/mol. The molecule has 2 aliphatic heterocycles. The van der Waals surface area contributed by atoms with Gasteiger partial charge in [0.25, 0.3) is 5.91 Å². The van der Waals surface area contributed by atoms with Crippen molar-refractivity contribution in [3.63, 3.8) is 0 Å². The molecule has 2 aromatic heterocycles. The van der Waals surface area contributed by atoms with Gasteiger partial charge in [-0.15, -0.1) is 10.2 Å². The van der Waals surface area contributed by atoms with Crippen LogP contribution >= 0.6 is 0 Å². The molecular formula is C24H29N5O4. The lowest BCUT2D eigenvalue weighted by Crippen LogP contribution is -2.38. The number of ether oxygens (including phenoxy) is 1. The van der Waals surface area contributed by atoms with Crippen LogP contribution in [0.1, 0.15) is 48.5 Å². The maximum Gasteiger partial charge on any atom is 0.289 e. The summed E-state index contributed by atoms with van der Waals surface area (Å²) in [7, 11) is 0. The van der Waals surface area contributed by atoms with Gasteiger partial charge in [-0.05, 0) is 24.5 Å². The number of hydrogen-bond acceptors (Lipinski definition) is 6. The van der Waals surface area contributed by atoms with Crippen LogP contribution < -0.4 is 5.32 Å². The molecule has 2 amide bonds. The number of nitrogens with one attached hydrogen (secondary N) is 1.